The second-order valence-corrected chi connectivity index (χ2v) is 6.65. The van der Waals surface area contributed by atoms with Crippen molar-refractivity contribution in [3.63, 3.8) is 0 Å². The summed E-state index contributed by atoms with van der Waals surface area (Å²) in [5.74, 6) is 0. The van der Waals surface area contributed by atoms with Crippen molar-refractivity contribution in [1.29, 1.82) is 0 Å². The van der Waals surface area contributed by atoms with Crippen molar-refractivity contribution in [2.75, 3.05) is 6.61 Å². The molecule has 1 rings (SSSR count). The average Bonchev–Trinajstić information content (AvgIpc) is 2.28. The molecule has 0 bridgehead atoms. The third-order valence-electron chi connectivity index (χ3n) is 2.42. The van der Waals surface area contributed by atoms with Crippen LogP contribution in [0.1, 0.15) is 19.8 Å². The first-order chi connectivity index (χ1) is 7.99. The Morgan fingerprint density at radius 2 is 1.94 bits per heavy atom. The summed E-state index contributed by atoms with van der Waals surface area (Å²) in [6.45, 7) is 1.87. The first kappa shape index (κ1) is 14.9. The van der Waals surface area contributed by atoms with Crippen molar-refractivity contribution in [3.05, 3.63) is 27.8 Å². The molecule has 0 aliphatic carbocycles. The predicted molar refractivity (Wildman–Crippen MR) is 75.3 cm³/mol. The molecule has 0 aromatic heterocycles. The summed E-state index contributed by atoms with van der Waals surface area (Å²) in [4.78, 5) is 0.259. The minimum absolute atomic E-state index is 0.0201. The molecule has 0 saturated carbocycles. The summed E-state index contributed by atoms with van der Waals surface area (Å²) in [5, 5.41) is 8.84. The molecule has 0 saturated heterocycles. The zero-order valence-electron chi connectivity index (χ0n) is 9.56. The predicted octanol–water partition coefficient (Wildman–Crippen LogP) is 1.73. The van der Waals surface area contributed by atoms with E-state index in [9.17, 15) is 8.42 Å². The highest BCUT2D eigenvalue weighted by Gasteiger charge is 2.18. The Balaban J connectivity index is 2.84. The lowest BCUT2D eigenvalue weighted by molar-refractivity contribution is 0.270. The topological polar surface area (TPSA) is 66.4 Å². The van der Waals surface area contributed by atoms with Gasteiger partial charge in [0, 0.05) is 16.2 Å². The van der Waals surface area contributed by atoms with Gasteiger partial charge in [0.05, 0.1) is 4.90 Å². The lowest BCUT2D eigenvalue weighted by Gasteiger charge is -2.15. The smallest absolute Gasteiger partial charge is 0.240 e. The molecule has 1 atom stereocenters. The number of nitrogens with one attached hydrogen (secondary N) is 1. The molecule has 6 heteroatoms. The first-order valence-electron chi connectivity index (χ1n) is 5.38. The molecular formula is C11H16INO3S. The lowest BCUT2D eigenvalue weighted by atomic mass is 10.2. The maximum atomic E-state index is 12.0. The SMILES string of the molecule is CCC(CCO)NS(=O)(=O)c1ccc(I)cc1. The Kier molecular flexibility index (Phi) is 5.84. The number of aliphatic hydroxyl groups excluding tert-OH is 1. The first-order valence-corrected chi connectivity index (χ1v) is 7.94. The molecular weight excluding hydrogens is 353 g/mol. The Hall–Kier alpha value is -0.180. The van der Waals surface area contributed by atoms with Gasteiger partial charge in [0.15, 0.2) is 0 Å². The van der Waals surface area contributed by atoms with Gasteiger partial charge in [-0.1, -0.05) is 6.92 Å². The number of hydrogen-bond donors (Lipinski definition) is 2. The van der Waals surface area contributed by atoms with Gasteiger partial charge >= 0.3 is 0 Å². The van der Waals surface area contributed by atoms with Gasteiger partial charge in [0.2, 0.25) is 10.0 Å². The fourth-order valence-corrected chi connectivity index (χ4v) is 3.12. The van der Waals surface area contributed by atoms with Crippen molar-refractivity contribution in [3.8, 4) is 0 Å². The van der Waals surface area contributed by atoms with Crippen molar-refractivity contribution < 1.29 is 13.5 Å². The zero-order valence-corrected chi connectivity index (χ0v) is 12.5. The van der Waals surface area contributed by atoms with Gasteiger partial charge < -0.3 is 5.11 Å². The van der Waals surface area contributed by atoms with Crippen LogP contribution in [0, 0.1) is 3.57 Å². The third kappa shape index (κ3) is 4.53. The normalized spacial score (nSPS) is 13.6. The fourth-order valence-electron chi connectivity index (χ4n) is 1.40. The molecule has 1 unspecified atom stereocenters. The standard InChI is InChI=1S/C11H16INO3S/c1-2-10(7-8-14)13-17(15,16)11-5-3-9(12)4-6-11/h3-6,10,13-14H,2,7-8H2,1H3. The van der Waals surface area contributed by atoms with E-state index in [0.29, 0.717) is 12.8 Å². The second-order valence-electron chi connectivity index (χ2n) is 3.69. The molecule has 1 aromatic carbocycles. The third-order valence-corrected chi connectivity index (χ3v) is 4.67. The molecule has 0 heterocycles. The van der Waals surface area contributed by atoms with Crippen LogP contribution in [0.2, 0.25) is 0 Å². The van der Waals surface area contributed by atoms with Gasteiger partial charge in [0.25, 0.3) is 0 Å². The van der Waals surface area contributed by atoms with Crippen LogP contribution in [0.5, 0.6) is 0 Å². The van der Waals surface area contributed by atoms with Crippen LogP contribution >= 0.6 is 22.6 Å². The monoisotopic (exact) mass is 369 g/mol. The Bertz CT molecular complexity index is 444. The van der Waals surface area contributed by atoms with E-state index >= 15 is 0 Å². The van der Waals surface area contributed by atoms with Gasteiger partial charge in [-0.05, 0) is 59.7 Å². The van der Waals surface area contributed by atoms with Crippen molar-refractivity contribution in [2.24, 2.45) is 0 Å². The highest BCUT2D eigenvalue weighted by atomic mass is 127. The van der Waals surface area contributed by atoms with E-state index in [4.69, 9.17) is 5.11 Å². The van der Waals surface area contributed by atoms with Crippen molar-refractivity contribution in [2.45, 2.75) is 30.7 Å². The number of halogens is 1. The molecule has 2 N–H and O–H groups in total. The number of rotatable bonds is 6. The lowest BCUT2D eigenvalue weighted by Crippen LogP contribution is -2.35. The number of sulfonamides is 1. The van der Waals surface area contributed by atoms with Crippen LogP contribution in [-0.2, 0) is 10.0 Å². The molecule has 0 fully saturated rings. The minimum Gasteiger partial charge on any atom is -0.396 e. The van der Waals surface area contributed by atoms with E-state index in [1.807, 2.05) is 6.92 Å². The zero-order chi connectivity index (χ0) is 12.9. The Labute approximate surface area is 116 Å². The van der Waals surface area contributed by atoms with Crippen molar-refractivity contribution in [1.82, 2.24) is 4.72 Å². The van der Waals surface area contributed by atoms with Gasteiger partial charge in [0.1, 0.15) is 0 Å². The van der Waals surface area contributed by atoms with E-state index < -0.39 is 10.0 Å². The highest BCUT2D eigenvalue weighted by molar-refractivity contribution is 14.1. The quantitative estimate of drug-likeness (QED) is 0.751. The summed E-state index contributed by atoms with van der Waals surface area (Å²) in [6.07, 6.45) is 1.09. The van der Waals surface area contributed by atoms with Gasteiger partial charge in [-0.2, -0.15) is 0 Å². The Morgan fingerprint density at radius 3 is 2.41 bits per heavy atom. The Morgan fingerprint density at radius 1 is 1.35 bits per heavy atom. The summed E-state index contributed by atoms with van der Waals surface area (Å²) < 4.78 is 27.6. The molecule has 0 radical (unpaired) electrons. The van der Waals surface area contributed by atoms with Crippen LogP contribution in [0.4, 0.5) is 0 Å². The van der Waals surface area contributed by atoms with Crippen molar-refractivity contribution >= 4 is 32.6 Å². The molecule has 0 spiro atoms. The van der Waals surface area contributed by atoms with Crippen LogP contribution in [-0.4, -0.2) is 26.2 Å². The number of benzene rings is 1. The molecule has 1 aromatic rings. The van der Waals surface area contributed by atoms with E-state index in [1.54, 1.807) is 24.3 Å². The molecule has 96 valence electrons. The minimum atomic E-state index is -3.47. The number of hydrogen-bond acceptors (Lipinski definition) is 3. The van der Waals surface area contributed by atoms with E-state index in [2.05, 4.69) is 27.3 Å². The molecule has 0 aliphatic heterocycles. The van der Waals surface area contributed by atoms with Crippen LogP contribution in [0.25, 0.3) is 0 Å². The largest absolute Gasteiger partial charge is 0.396 e. The summed E-state index contributed by atoms with van der Waals surface area (Å²) >= 11 is 2.12. The summed E-state index contributed by atoms with van der Waals surface area (Å²) in [7, 11) is -3.47. The molecule has 0 amide bonds. The maximum Gasteiger partial charge on any atom is 0.240 e. The maximum absolute atomic E-state index is 12.0. The van der Waals surface area contributed by atoms with E-state index in [-0.39, 0.29) is 17.5 Å². The van der Waals surface area contributed by atoms with Crippen LogP contribution < -0.4 is 4.72 Å². The summed E-state index contributed by atoms with van der Waals surface area (Å²) in [5.41, 5.74) is 0. The van der Waals surface area contributed by atoms with E-state index in [0.717, 1.165) is 3.57 Å². The second kappa shape index (κ2) is 6.67. The molecule has 0 aliphatic rings. The van der Waals surface area contributed by atoms with Crippen LogP contribution in [0.3, 0.4) is 0 Å². The number of aliphatic hydroxyl groups is 1. The molecule has 4 nitrogen and oxygen atoms in total. The highest BCUT2D eigenvalue weighted by Crippen LogP contribution is 2.13. The van der Waals surface area contributed by atoms with Gasteiger partial charge in [-0.3, -0.25) is 0 Å². The summed E-state index contributed by atoms with van der Waals surface area (Å²) in [6, 6.07) is 6.44. The molecule has 17 heavy (non-hydrogen) atoms. The van der Waals surface area contributed by atoms with Gasteiger partial charge in [-0.25, -0.2) is 13.1 Å². The fraction of sp³-hybridized carbons (Fsp3) is 0.455. The van der Waals surface area contributed by atoms with Gasteiger partial charge in [-0.15, -0.1) is 0 Å². The van der Waals surface area contributed by atoms with Crippen LogP contribution in [0.15, 0.2) is 29.2 Å². The van der Waals surface area contributed by atoms with E-state index in [1.165, 1.54) is 0 Å². The average molecular weight is 369 g/mol.